The van der Waals surface area contributed by atoms with E-state index in [1.807, 2.05) is 6.07 Å². The standard InChI is InChI=1S/C25H29FN4O2/c26-21-10-12-22(13-11-21)28-14-15-29-25(32)23(19-4-2-1-3-5-19)17-30-24(31)20-8-6-18(16-27)7-9-20/h6-13,19,23,28H,1-5,14-15,17H2,(H,29,32)(H,30,31). The van der Waals surface area contributed by atoms with Crippen LogP contribution < -0.4 is 16.0 Å². The number of nitriles is 1. The zero-order chi connectivity index (χ0) is 22.8. The van der Waals surface area contributed by atoms with Gasteiger partial charge in [0.2, 0.25) is 5.91 Å². The summed E-state index contributed by atoms with van der Waals surface area (Å²) in [7, 11) is 0. The first-order valence-electron chi connectivity index (χ1n) is 11.1. The Bertz CT molecular complexity index is 932. The minimum atomic E-state index is -0.290. The van der Waals surface area contributed by atoms with E-state index in [1.165, 1.54) is 18.6 Å². The van der Waals surface area contributed by atoms with Gasteiger partial charge in [-0.2, -0.15) is 5.26 Å². The maximum absolute atomic E-state index is 13.0. The minimum Gasteiger partial charge on any atom is -0.383 e. The van der Waals surface area contributed by atoms with Crippen LogP contribution in [0, 0.1) is 29.0 Å². The van der Waals surface area contributed by atoms with Crippen molar-refractivity contribution in [2.45, 2.75) is 32.1 Å². The quantitative estimate of drug-likeness (QED) is 0.521. The van der Waals surface area contributed by atoms with Gasteiger partial charge in [0.05, 0.1) is 17.6 Å². The predicted octanol–water partition coefficient (Wildman–Crippen LogP) is 3.85. The molecule has 3 N–H and O–H groups in total. The number of anilines is 1. The van der Waals surface area contributed by atoms with Gasteiger partial charge in [0, 0.05) is 30.9 Å². The number of carbonyl (C=O) groups is 2. The lowest BCUT2D eigenvalue weighted by atomic mass is 9.79. The molecule has 2 amide bonds. The highest BCUT2D eigenvalue weighted by Gasteiger charge is 2.29. The molecule has 2 aromatic rings. The average Bonchev–Trinajstić information content (AvgIpc) is 2.83. The molecule has 0 aliphatic heterocycles. The molecule has 32 heavy (non-hydrogen) atoms. The van der Waals surface area contributed by atoms with Crippen LogP contribution >= 0.6 is 0 Å². The van der Waals surface area contributed by atoms with Gasteiger partial charge in [-0.3, -0.25) is 9.59 Å². The molecule has 1 unspecified atom stereocenters. The molecule has 1 fully saturated rings. The molecule has 0 aromatic heterocycles. The molecule has 168 valence electrons. The Balaban J connectivity index is 1.52. The molecule has 6 nitrogen and oxygen atoms in total. The third kappa shape index (κ3) is 6.81. The Hall–Kier alpha value is -3.40. The third-order valence-corrected chi connectivity index (χ3v) is 5.91. The number of nitrogens with zero attached hydrogens (tertiary/aromatic N) is 1. The lowest BCUT2D eigenvalue weighted by Crippen LogP contribution is -2.44. The van der Waals surface area contributed by atoms with E-state index in [0.29, 0.717) is 24.2 Å². The van der Waals surface area contributed by atoms with Crippen LogP contribution in [0.2, 0.25) is 0 Å². The van der Waals surface area contributed by atoms with Crippen LogP contribution in [0.25, 0.3) is 0 Å². The molecule has 3 rings (SSSR count). The van der Waals surface area contributed by atoms with Crippen molar-refractivity contribution in [3.05, 3.63) is 65.5 Å². The predicted molar refractivity (Wildman–Crippen MR) is 121 cm³/mol. The summed E-state index contributed by atoms with van der Waals surface area (Å²) in [6.07, 6.45) is 5.36. The molecular formula is C25H29FN4O2. The van der Waals surface area contributed by atoms with Crippen molar-refractivity contribution in [2.75, 3.05) is 25.0 Å². The van der Waals surface area contributed by atoms with E-state index in [9.17, 15) is 14.0 Å². The van der Waals surface area contributed by atoms with Crippen molar-refractivity contribution < 1.29 is 14.0 Å². The van der Waals surface area contributed by atoms with Crippen molar-refractivity contribution in [1.82, 2.24) is 10.6 Å². The first-order valence-corrected chi connectivity index (χ1v) is 11.1. The lowest BCUT2D eigenvalue weighted by Gasteiger charge is -2.29. The largest absolute Gasteiger partial charge is 0.383 e. The van der Waals surface area contributed by atoms with Crippen molar-refractivity contribution in [3.8, 4) is 6.07 Å². The van der Waals surface area contributed by atoms with Crippen molar-refractivity contribution in [3.63, 3.8) is 0 Å². The Morgan fingerprint density at radius 2 is 1.66 bits per heavy atom. The van der Waals surface area contributed by atoms with Gasteiger partial charge in [-0.05, 0) is 67.3 Å². The second-order valence-corrected chi connectivity index (χ2v) is 8.13. The summed E-state index contributed by atoms with van der Waals surface area (Å²) in [6, 6.07) is 14.6. The van der Waals surface area contributed by atoms with E-state index in [1.54, 1.807) is 36.4 Å². The van der Waals surface area contributed by atoms with Crippen molar-refractivity contribution in [2.24, 2.45) is 11.8 Å². The van der Waals surface area contributed by atoms with E-state index in [0.717, 1.165) is 31.4 Å². The van der Waals surface area contributed by atoms with E-state index in [-0.39, 0.29) is 36.0 Å². The number of halogens is 1. The second-order valence-electron chi connectivity index (χ2n) is 8.13. The fourth-order valence-corrected chi connectivity index (χ4v) is 4.10. The maximum Gasteiger partial charge on any atom is 0.251 e. The summed E-state index contributed by atoms with van der Waals surface area (Å²) in [5.74, 6) is -0.639. The van der Waals surface area contributed by atoms with E-state index in [2.05, 4.69) is 16.0 Å². The molecule has 0 radical (unpaired) electrons. The molecule has 1 aliphatic rings. The van der Waals surface area contributed by atoms with Crippen LogP contribution in [0.5, 0.6) is 0 Å². The number of carbonyl (C=O) groups excluding carboxylic acids is 2. The summed E-state index contributed by atoms with van der Waals surface area (Å²) in [5.41, 5.74) is 1.75. The molecule has 1 saturated carbocycles. The zero-order valence-corrected chi connectivity index (χ0v) is 18.1. The molecule has 1 aliphatic carbocycles. The number of hydrogen-bond donors (Lipinski definition) is 3. The summed E-state index contributed by atoms with van der Waals surface area (Å²) < 4.78 is 13.0. The Labute approximate surface area is 188 Å². The van der Waals surface area contributed by atoms with Gasteiger partial charge < -0.3 is 16.0 Å². The van der Waals surface area contributed by atoms with Gasteiger partial charge in [0.15, 0.2) is 0 Å². The Morgan fingerprint density at radius 3 is 2.31 bits per heavy atom. The smallest absolute Gasteiger partial charge is 0.251 e. The number of hydrogen-bond acceptors (Lipinski definition) is 4. The first-order chi connectivity index (χ1) is 15.6. The first kappa shape index (κ1) is 23.3. The number of rotatable bonds is 9. The minimum absolute atomic E-state index is 0.0575. The van der Waals surface area contributed by atoms with Gasteiger partial charge in [-0.15, -0.1) is 0 Å². The summed E-state index contributed by atoms with van der Waals surface area (Å²) in [5, 5.41) is 17.9. The van der Waals surface area contributed by atoms with E-state index < -0.39 is 0 Å². The van der Waals surface area contributed by atoms with Gasteiger partial charge in [-0.1, -0.05) is 19.3 Å². The average molecular weight is 437 g/mol. The van der Waals surface area contributed by atoms with Gasteiger partial charge in [-0.25, -0.2) is 4.39 Å². The highest BCUT2D eigenvalue weighted by atomic mass is 19.1. The normalized spacial score (nSPS) is 14.8. The summed E-state index contributed by atoms with van der Waals surface area (Å²) in [4.78, 5) is 25.5. The summed E-state index contributed by atoms with van der Waals surface area (Å²) >= 11 is 0. The van der Waals surface area contributed by atoms with Crippen LogP contribution in [0.4, 0.5) is 10.1 Å². The molecule has 1 atom stereocenters. The lowest BCUT2D eigenvalue weighted by molar-refractivity contribution is -0.126. The van der Waals surface area contributed by atoms with Crippen LogP contribution in [-0.2, 0) is 4.79 Å². The number of benzene rings is 2. The van der Waals surface area contributed by atoms with Crippen molar-refractivity contribution in [1.29, 1.82) is 5.26 Å². The number of amides is 2. The van der Waals surface area contributed by atoms with Crippen LogP contribution in [0.15, 0.2) is 48.5 Å². The molecular weight excluding hydrogens is 407 g/mol. The molecule has 7 heteroatoms. The van der Waals surface area contributed by atoms with Crippen LogP contribution in [0.1, 0.15) is 48.0 Å². The number of nitrogens with one attached hydrogen (secondary N) is 3. The molecule has 0 heterocycles. The van der Waals surface area contributed by atoms with Crippen LogP contribution in [-0.4, -0.2) is 31.4 Å². The summed E-state index contributed by atoms with van der Waals surface area (Å²) in [6.45, 7) is 1.23. The van der Waals surface area contributed by atoms with Crippen LogP contribution in [0.3, 0.4) is 0 Å². The second kappa shape index (κ2) is 11.8. The Morgan fingerprint density at radius 1 is 0.969 bits per heavy atom. The van der Waals surface area contributed by atoms with Crippen molar-refractivity contribution >= 4 is 17.5 Å². The Kier molecular flexibility index (Phi) is 8.61. The SMILES string of the molecule is N#Cc1ccc(C(=O)NCC(C(=O)NCCNc2ccc(F)cc2)C2CCCCC2)cc1. The van der Waals surface area contributed by atoms with Gasteiger partial charge >= 0.3 is 0 Å². The fraction of sp³-hybridized carbons (Fsp3) is 0.400. The molecule has 2 aromatic carbocycles. The topological polar surface area (TPSA) is 94.0 Å². The maximum atomic E-state index is 13.0. The molecule has 0 spiro atoms. The van der Waals surface area contributed by atoms with Gasteiger partial charge in [0.1, 0.15) is 5.82 Å². The molecule has 0 bridgehead atoms. The van der Waals surface area contributed by atoms with Gasteiger partial charge in [0.25, 0.3) is 5.91 Å². The fourth-order valence-electron chi connectivity index (χ4n) is 4.10. The van der Waals surface area contributed by atoms with E-state index in [4.69, 9.17) is 5.26 Å². The zero-order valence-electron chi connectivity index (χ0n) is 18.1. The highest BCUT2D eigenvalue weighted by molar-refractivity contribution is 5.94. The van der Waals surface area contributed by atoms with E-state index >= 15 is 0 Å². The third-order valence-electron chi connectivity index (χ3n) is 5.91. The molecule has 0 saturated heterocycles. The monoisotopic (exact) mass is 436 g/mol. The highest BCUT2D eigenvalue weighted by Crippen LogP contribution is 2.30.